The Balaban J connectivity index is 1.81. The Morgan fingerprint density at radius 1 is 1.06 bits per heavy atom. The molecule has 34 heavy (non-hydrogen) atoms. The Morgan fingerprint density at radius 3 is 2.44 bits per heavy atom. The fraction of sp³-hybridized carbons (Fsp3) is 0.120. The van der Waals surface area contributed by atoms with Crippen LogP contribution in [0.5, 0.6) is 5.75 Å². The molecule has 174 valence electrons. The highest BCUT2D eigenvalue weighted by molar-refractivity contribution is 6.42. The molecular formula is C25H18Cl2F2N2O3. The van der Waals surface area contributed by atoms with Crippen molar-refractivity contribution < 1.29 is 23.4 Å². The van der Waals surface area contributed by atoms with Crippen LogP contribution in [-0.2, 0) is 11.2 Å². The smallest absolute Gasteiger partial charge is 0.311 e. The van der Waals surface area contributed by atoms with Gasteiger partial charge in [-0.25, -0.2) is 13.5 Å². The first kappa shape index (κ1) is 23.7. The molecule has 1 aromatic heterocycles. The van der Waals surface area contributed by atoms with E-state index in [2.05, 4.69) is 5.10 Å². The van der Waals surface area contributed by atoms with E-state index in [0.717, 1.165) is 6.07 Å². The lowest BCUT2D eigenvalue weighted by atomic mass is 9.93. The maximum absolute atomic E-state index is 14.4. The zero-order valence-electron chi connectivity index (χ0n) is 17.8. The lowest BCUT2D eigenvalue weighted by molar-refractivity contribution is -0.138. The minimum Gasteiger partial charge on any atom is -0.497 e. The number of benzene rings is 3. The molecular weight excluding hydrogens is 485 g/mol. The minimum absolute atomic E-state index is 0.160. The molecule has 1 atom stereocenters. The van der Waals surface area contributed by atoms with Gasteiger partial charge in [0.1, 0.15) is 5.75 Å². The molecule has 0 aliphatic carbocycles. The molecule has 0 aliphatic heterocycles. The molecule has 0 saturated carbocycles. The highest BCUT2D eigenvalue weighted by Gasteiger charge is 2.27. The molecule has 1 N–H and O–H groups in total. The second-order valence-electron chi connectivity index (χ2n) is 7.50. The van der Waals surface area contributed by atoms with Crippen molar-refractivity contribution in [2.24, 2.45) is 0 Å². The first-order chi connectivity index (χ1) is 16.3. The Bertz CT molecular complexity index is 1360. The number of carbonyl (C=O) groups is 1. The number of aliphatic carboxylic acids is 1. The van der Waals surface area contributed by atoms with E-state index in [9.17, 15) is 18.7 Å². The Hall–Kier alpha value is -3.42. The molecule has 9 heteroatoms. The van der Waals surface area contributed by atoms with E-state index in [1.807, 2.05) is 0 Å². The van der Waals surface area contributed by atoms with E-state index in [0.29, 0.717) is 38.4 Å². The maximum atomic E-state index is 14.4. The second kappa shape index (κ2) is 9.83. The molecule has 5 nitrogen and oxygen atoms in total. The zero-order chi connectivity index (χ0) is 24.4. The first-order valence-corrected chi connectivity index (χ1v) is 10.9. The summed E-state index contributed by atoms with van der Waals surface area (Å²) in [6, 6.07) is 17.4. The third-order valence-corrected chi connectivity index (χ3v) is 6.10. The van der Waals surface area contributed by atoms with Crippen molar-refractivity contribution in [3.63, 3.8) is 0 Å². The van der Waals surface area contributed by atoms with Gasteiger partial charge in [0, 0.05) is 17.5 Å². The first-order valence-electron chi connectivity index (χ1n) is 10.1. The SMILES string of the molecule is COc1ccc(-n2nc(CC(C(=O)O)c3cccc(F)c3F)cc2-c2ccc(Cl)c(Cl)c2)cc1. The number of halogens is 4. The summed E-state index contributed by atoms with van der Waals surface area (Å²) in [7, 11) is 1.56. The summed E-state index contributed by atoms with van der Waals surface area (Å²) in [6.45, 7) is 0. The topological polar surface area (TPSA) is 64.4 Å². The third-order valence-electron chi connectivity index (χ3n) is 5.36. The molecule has 4 rings (SSSR count). The van der Waals surface area contributed by atoms with Crippen molar-refractivity contribution in [3.8, 4) is 22.7 Å². The van der Waals surface area contributed by atoms with E-state index >= 15 is 0 Å². The van der Waals surface area contributed by atoms with E-state index < -0.39 is 23.5 Å². The van der Waals surface area contributed by atoms with Crippen LogP contribution < -0.4 is 4.74 Å². The van der Waals surface area contributed by atoms with Crippen LogP contribution in [0.2, 0.25) is 10.0 Å². The average molecular weight is 503 g/mol. The van der Waals surface area contributed by atoms with E-state index in [-0.39, 0.29) is 12.0 Å². The molecule has 0 spiro atoms. The fourth-order valence-electron chi connectivity index (χ4n) is 3.64. The summed E-state index contributed by atoms with van der Waals surface area (Å²) >= 11 is 12.3. The Morgan fingerprint density at radius 2 is 1.79 bits per heavy atom. The molecule has 1 heterocycles. The van der Waals surface area contributed by atoms with Gasteiger partial charge in [0.2, 0.25) is 0 Å². The molecule has 3 aromatic carbocycles. The normalized spacial score (nSPS) is 11.9. The summed E-state index contributed by atoms with van der Waals surface area (Å²) in [5.41, 5.74) is 2.10. The summed E-state index contributed by atoms with van der Waals surface area (Å²) < 4.78 is 35.0. The van der Waals surface area contributed by atoms with Gasteiger partial charge in [-0.2, -0.15) is 5.10 Å². The predicted molar refractivity (Wildman–Crippen MR) is 126 cm³/mol. The molecule has 4 aromatic rings. The van der Waals surface area contributed by atoms with Gasteiger partial charge in [-0.1, -0.05) is 41.4 Å². The van der Waals surface area contributed by atoms with Crippen molar-refractivity contribution in [2.75, 3.05) is 7.11 Å². The van der Waals surface area contributed by atoms with Crippen LogP contribution in [0.25, 0.3) is 16.9 Å². The molecule has 0 amide bonds. The van der Waals surface area contributed by atoms with E-state index in [1.54, 1.807) is 60.3 Å². The third kappa shape index (κ3) is 4.76. The summed E-state index contributed by atoms with van der Waals surface area (Å²) in [4.78, 5) is 12.0. The average Bonchev–Trinajstić information content (AvgIpc) is 3.25. The van der Waals surface area contributed by atoms with Crippen molar-refractivity contribution in [1.82, 2.24) is 9.78 Å². The highest BCUT2D eigenvalue weighted by atomic mass is 35.5. The Kier molecular flexibility index (Phi) is 6.86. The van der Waals surface area contributed by atoms with E-state index in [4.69, 9.17) is 27.9 Å². The zero-order valence-corrected chi connectivity index (χ0v) is 19.3. The van der Waals surface area contributed by atoms with Crippen LogP contribution in [0.1, 0.15) is 17.2 Å². The van der Waals surface area contributed by atoms with Gasteiger partial charge in [0.25, 0.3) is 0 Å². The number of methoxy groups -OCH3 is 1. The fourth-order valence-corrected chi connectivity index (χ4v) is 3.94. The van der Waals surface area contributed by atoms with Crippen LogP contribution in [0.4, 0.5) is 8.78 Å². The Labute approximate surface area is 204 Å². The van der Waals surface area contributed by atoms with Gasteiger partial charge in [0.05, 0.1) is 40.1 Å². The van der Waals surface area contributed by atoms with Gasteiger partial charge in [0.15, 0.2) is 11.6 Å². The monoisotopic (exact) mass is 502 g/mol. The highest BCUT2D eigenvalue weighted by Crippen LogP contribution is 2.32. The number of carboxylic acids is 1. The van der Waals surface area contributed by atoms with Gasteiger partial charge in [-0.05, 0) is 48.5 Å². The molecule has 0 fully saturated rings. The van der Waals surface area contributed by atoms with Crippen LogP contribution in [0.15, 0.2) is 66.7 Å². The summed E-state index contributed by atoms with van der Waals surface area (Å²) in [5.74, 6) is -4.27. The van der Waals surface area contributed by atoms with Crippen LogP contribution in [0.3, 0.4) is 0 Å². The number of carboxylic acid groups (broad SMARTS) is 1. The molecule has 0 aliphatic rings. The number of aromatic nitrogens is 2. The number of nitrogens with zero attached hydrogens (tertiary/aromatic N) is 2. The second-order valence-corrected chi connectivity index (χ2v) is 8.31. The number of rotatable bonds is 7. The van der Waals surface area contributed by atoms with Crippen LogP contribution >= 0.6 is 23.2 Å². The van der Waals surface area contributed by atoms with Gasteiger partial charge in [-0.15, -0.1) is 0 Å². The van der Waals surface area contributed by atoms with Crippen molar-refractivity contribution in [3.05, 3.63) is 99.7 Å². The largest absolute Gasteiger partial charge is 0.497 e. The minimum atomic E-state index is -1.34. The van der Waals surface area contributed by atoms with Gasteiger partial charge in [-0.3, -0.25) is 4.79 Å². The summed E-state index contributed by atoms with van der Waals surface area (Å²) in [6.07, 6.45) is -0.160. The van der Waals surface area contributed by atoms with Gasteiger partial charge >= 0.3 is 5.97 Å². The maximum Gasteiger partial charge on any atom is 0.311 e. The van der Waals surface area contributed by atoms with E-state index in [1.165, 1.54) is 12.1 Å². The van der Waals surface area contributed by atoms with Crippen LogP contribution in [0, 0.1) is 11.6 Å². The van der Waals surface area contributed by atoms with Gasteiger partial charge < -0.3 is 9.84 Å². The quantitative estimate of drug-likeness (QED) is 0.311. The molecule has 0 radical (unpaired) electrons. The summed E-state index contributed by atoms with van der Waals surface area (Å²) in [5, 5.41) is 15.1. The van der Waals surface area contributed by atoms with Crippen LogP contribution in [-0.4, -0.2) is 28.0 Å². The molecule has 0 saturated heterocycles. The number of ether oxygens (including phenoxy) is 1. The predicted octanol–water partition coefficient (Wildman–Crippen LogP) is 6.54. The van der Waals surface area contributed by atoms with Crippen molar-refractivity contribution in [2.45, 2.75) is 12.3 Å². The lowest BCUT2D eigenvalue weighted by Crippen LogP contribution is -2.17. The lowest BCUT2D eigenvalue weighted by Gasteiger charge is -2.12. The van der Waals surface area contributed by atoms with Crippen molar-refractivity contribution >= 4 is 29.2 Å². The molecule has 0 bridgehead atoms. The standard InChI is InChI=1S/C25H18Cl2F2N2O3/c1-34-17-8-6-16(7-9-17)31-23(14-5-10-20(26)21(27)11-14)13-15(30-31)12-19(25(32)33)18-3-2-4-22(28)24(18)29/h2-11,13,19H,12H2,1H3,(H,32,33). The number of hydrogen-bond acceptors (Lipinski definition) is 3. The van der Waals surface area contributed by atoms with Crippen molar-refractivity contribution in [1.29, 1.82) is 0 Å². The number of hydrogen-bond donors (Lipinski definition) is 1. The molecule has 1 unspecified atom stereocenters.